The molecule has 132 valence electrons. The van der Waals surface area contributed by atoms with Gasteiger partial charge in [0.2, 0.25) is 0 Å². The van der Waals surface area contributed by atoms with Crippen molar-refractivity contribution in [3.05, 3.63) is 12.2 Å². The van der Waals surface area contributed by atoms with Gasteiger partial charge in [0.05, 0.1) is 6.61 Å². The normalized spacial score (nSPS) is 10.4. The molecule has 0 heterocycles. The topological polar surface area (TPSA) is 26.3 Å². The summed E-state index contributed by atoms with van der Waals surface area (Å²) in [5.74, 6) is -0.0236. The summed E-state index contributed by atoms with van der Waals surface area (Å²) in [4.78, 5) is 11.1. The molecule has 0 amide bonds. The third kappa shape index (κ3) is 24.2. The predicted molar refractivity (Wildman–Crippen MR) is 98.2 cm³/mol. The van der Waals surface area contributed by atoms with Gasteiger partial charge in [-0.3, -0.25) is 4.79 Å². The molecule has 0 aliphatic heterocycles. The Balaban J connectivity index is 0. The van der Waals surface area contributed by atoms with E-state index in [2.05, 4.69) is 39.8 Å². The van der Waals surface area contributed by atoms with E-state index >= 15 is 0 Å². The number of hydrogen-bond donors (Lipinski definition) is 0. The number of esters is 1. The molecule has 0 aliphatic carbocycles. The standard InChI is InChI=1S/C11H22O2.C9H18/c1-3-5-7-9-11(12)13-10-8-6-4-2;1-3-5-7-9-8-6-4-2/h3-10H2,1-2H3;5,7H,3-4,6,8-9H2,1-2H3. The molecule has 0 atom stereocenters. The van der Waals surface area contributed by atoms with Crippen LogP contribution in [-0.2, 0) is 9.53 Å². The maximum absolute atomic E-state index is 11.1. The lowest BCUT2D eigenvalue weighted by Gasteiger charge is -2.03. The van der Waals surface area contributed by atoms with Gasteiger partial charge in [0.25, 0.3) is 0 Å². The van der Waals surface area contributed by atoms with Crippen molar-refractivity contribution >= 4 is 5.97 Å². The first kappa shape index (κ1) is 23.5. The largest absolute Gasteiger partial charge is 0.466 e. The average Bonchev–Trinajstić information content (AvgIpc) is 2.52. The van der Waals surface area contributed by atoms with Crippen LogP contribution in [-0.4, -0.2) is 12.6 Å². The number of rotatable bonds is 13. The Morgan fingerprint density at radius 3 is 1.95 bits per heavy atom. The molecule has 2 heteroatoms. The summed E-state index contributed by atoms with van der Waals surface area (Å²) in [7, 11) is 0. The lowest BCUT2D eigenvalue weighted by Crippen LogP contribution is -2.05. The van der Waals surface area contributed by atoms with Crippen LogP contribution in [0.3, 0.4) is 0 Å². The number of allylic oxidation sites excluding steroid dienone is 2. The highest BCUT2D eigenvalue weighted by molar-refractivity contribution is 5.69. The molecule has 0 fully saturated rings. The van der Waals surface area contributed by atoms with E-state index in [0.717, 1.165) is 32.1 Å². The summed E-state index contributed by atoms with van der Waals surface area (Å²) < 4.78 is 5.05. The Morgan fingerprint density at radius 1 is 0.773 bits per heavy atom. The monoisotopic (exact) mass is 312 g/mol. The second-order valence-corrected chi connectivity index (χ2v) is 5.76. The van der Waals surface area contributed by atoms with Gasteiger partial charge in [-0.1, -0.05) is 78.4 Å². The zero-order valence-electron chi connectivity index (χ0n) is 15.7. The van der Waals surface area contributed by atoms with Crippen molar-refractivity contribution in [2.75, 3.05) is 6.61 Å². The molecule has 0 spiro atoms. The van der Waals surface area contributed by atoms with Crippen LogP contribution < -0.4 is 0 Å². The van der Waals surface area contributed by atoms with Gasteiger partial charge in [0.15, 0.2) is 0 Å². The minimum absolute atomic E-state index is 0.0236. The van der Waals surface area contributed by atoms with Crippen molar-refractivity contribution in [3.63, 3.8) is 0 Å². The van der Waals surface area contributed by atoms with Gasteiger partial charge in [-0.15, -0.1) is 0 Å². The third-order valence-corrected chi connectivity index (χ3v) is 3.37. The Labute approximate surface area is 139 Å². The summed E-state index contributed by atoms with van der Waals surface area (Å²) in [6.07, 6.45) is 18.3. The van der Waals surface area contributed by atoms with Crippen LogP contribution in [0.5, 0.6) is 0 Å². The molecule has 0 radical (unpaired) electrons. The number of carbonyl (C=O) groups is 1. The van der Waals surface area contributed by atoms with Gasteiger partial charge in [-0.2, -0.15) is 0 Å². The van der Waals surface area contributed by atoms with Crippen LogP contribution in [0.4, 0.5) is 0 Å². The van der Waals surface area contributed by atoms with E-state index in [1.54, 1.807) is 0 Å². The fourth-order valence-corrected chi connectivity index (χ4v) is 1.93. The van der Waals surface area contributed by atoms with E-state index in [-0.39, 0.29) is 5.97 Å². The van der Waals surface area contributed by atoms with Crippen LogP contribution in [0.1, 0.15) is 105 Å². The Morgan fingerprint density at radius 2 is 1.36 bits per heavy atom. The summed E-state index contributed by atoms with van der Waals surface area (Å²) in [6, 6.07) is 0. The van der Waals surface area contributed by atoms with Crippen LogP contribution in [0.15, 0.2) is 12.2 Å². The quantitative estimate of drug-likeness (QED) is 0.211. The maximum Gasteiger partial charge on any atom is 0.305 e. The van der Waals surface area contributed by atoms with Crippen molar-refractivity contribution in [2.24, 2.45) is 0 Å². The summed E-state index contributed by atoms with van der Waals surface area (Å²) in [5, 5.41) is 0. The third-order valence-electron chi connectivity index (χ3n) is 3.37. The van der Waals surface area contributed by atoms with Crippen molar-refractivity contribution in [1.82, 2.24) is 0 Å². The lowest BCUT2D eigenvalue weighted by atomic mass is 10.2. The summed E-state index contributed by atoms with van der Waals surface area (Å²) >= 11 is 0. The van der Waals surface area contributed by atoms with Crippen molar-refractivity contribution in [3.8, 4) is 0 Å². The van der Waals surface area contributed by atoms with Crippen molar-refractivity contribution < 1.29 is 9.53 Å². The average molecular weight is 313 g/mol. The number of carbonyl (C=O) groups excluding carboxylic acids is 1. The lowest BCUT2D eigenvalue weighted by molar-refractivity contribution is -0.143. The first-order chi connectivity index (χ1) is 10.7. The van der Waals surface area contributed by atoms with E-state index in [1.807, 2.05) is 0 Å². The number of ether oxygens (including phenoxy) is 1. The molecule has 0 saturated carbocycles. The Kier molecular flexibility index (Phi) is 24.0. The van der Waals surface area contributed by atoms with Gasteiger partial charge in [0.1, 0.15) is 0 Å². The van der Waals surface area contributed by atoms with Crippen LogP contribution in [0.25, 0.3) is 0 Å². The molecule has 0 bridgehead atoms. The smallest absolute Gasteiger partial charge is 0.305 e. The van der Waals surface area contributed by atoms with Crippen molar-refractivity contribution in [1.29, 1.82) is 0 Å². The second-order valence-electron chi connectivity index (χ2n) is 5.76. The van der Waals surface area contributed by atoms with Crippen LogP contribution in [0, 0.1) is 0 Å². The highest BCUT2D eigenvalue weighted by atomic mass is 16.5. The second kappa shape index (κ2) is 22.5. The molecule has 0 aromatic carbocycles. The van der Waals surface area contributed by atoms with E-state index in [0.29, 0.717) is 13.0 Å². The molecule has 0 rings (SSSR count). The molecule has 0 N–H and O–H groups in total. The zero-order chi connectivity index (χ0) is 16.9. The molecular formula is C20H40O2. The molecule has 0 unspecified atom stereocenters. The maximum atomic E-state index is 11.1. The Hall–Kier alpha value is -0.790. The minimum Gasteiger partial charge on any atom is -0.466 e. The number of hydrogen-bond acceptors (Lipinski definition) is 2. The fourth-order valence-electron chi connectivity index (χ4n) is 1.93. The molecule has 0 aliphatic rings. The minimum atomic E-state index is -0.0236. The first-order valence-electron chi connectivity index (χ1n) is 9.53. The van der Waals surface area contributed by atoms with E-state index in [1.165, 1.54) is 38.5 Å². The van der Waals surface area contributed by atoms with E-state index in [4.69, 9.17) is 4.74 Å². The summed E-state index contributed by atoms with van der Waals surface area (Å²) in [5.41, 5.74) is 0. The zero-order valence-corrected chi connectivity index (χ0v) is 15.7. The molecular weight excluding hydrogens is 272 g/mol. The molecule has 22 heavy (non-hydrogen) atoms. The van der Waals surface area contributed by atoms with Crippen LogP contribution >= 0.6 is 0 Å². The predicted octanol–water partition coefficient (Wildman–Crippen LogP) is 6.83. The van der Waals surface area contributed by atoms with Gasteiger partial charge in [-0.05, 0) is 32.1 Å². The molecule has 0 aromatic heterocycles. The molecule has 0 aromatic rings. The highest BCUT2D eigenvalue weighted by Gasteiger charge is 2.00. The van der Waals surface area contributed by atoms with Gasteiger partial charge in [-0.25, -0.2) is 0 Å². The Bertz CT molecular complexity index is 234. The van der Waals surface area contributed by atoms with Gasteiger partial charge in [0, 0.05) is 6.42 Å². The summed E-state index contributed by atoms with van der Waals surface area (Å²) in [6.45, 7) is 9.30. The number of unbranched alkanes of at least 4 members (excludes halogenated alkanes) is 7. The van der Waals surface area contributed by atoms with Gasteiger partial charge >= 0.3 is 5.97 Å². The van der Waals surface area contributed by atoms with E-state index in [9.17, 15) is 4.79 Å². The molecule has 0 saturated heterocycles. The van der Waals surface area contributed by atoms with Gasteiger partial charge < -0.3 is 4.74 Å². The SMILES string of the molecule is CCC=CCCCCC.CCCCCOC(=O)CCCCC. The fraction of sp³-hybridized carbons (Fsp3) is 0.850. The van der Waals surface area contributed by atoms with Crippen LogP contribution in [0.2, 0.25) is 0 Å². The van der Waals surface area contributed by atoms with Crippen molar-refractivity contribution in [2.45, 2.75) is 105 Å². The first-order valence-corrected chi connectivity index (χ1v) is 9.53. The highest BCUT2D eigenvalue weighted by Crippen LogP contribution is 2.02. The van der Waals surface area contributed by atoms with E-state index < -0.39 is 0 Å². The molecule has 2 nitrogen and oxygen atoms in total.